The van der Waals surface area contributed by atoms with Gasteiger partial charge in [-0.2, -0.15) is 0 Å². The maximum absolute atomic E-state index is 2.93. The molecule has 0 bridgehead atoms. The Morgan fingerprint density at radius 3 is 2.00 bits per heavy atom. The van der Waals surface area contributed by atoms with E-state index in [0.717, 1.165) is 8.58 Å². The van der Waals surface area contributed by atoms with Crippen LogP contribution in [0.15, 0.2) is 24.0 Å². The first-order chi connectivity index (χ1) is 3.00. The second-order valence-electron chi connectivity index (χ2n) is 1.00. The first-order valence-corrected chi connectivity index (χ1v) is 2.98. The standard InChI is InChI=1S/C4H6NP/c1-3-6-4-2-5-1/h1-6H. The maximum atomic E-state index is 2.93. The lowest BCUT2D eigenvalue weighted by atomic mass is 10.9. The van der Waals surface area contributed by atoms with Crippen molar-refractivity contribution in [2.45, 2.75) is 0 Å². The number of hydrogen-bond donors (Lipinski definition) is 1. The van der Waals surface area contributed by atoms with Crippen molar-refractivity contribution in [2.75, 3.05) is 0 Å². The molecule has 0 aliphatic carbocycles. The van der Waals surface area contributed by atoms with Crippen molar-refractivity contribution in [3.63, 3.8) is 0 Å². The molecule has 1 rings (SSSR count). The highest BCUT2D eigenvalue weighted by Crippen LogP contribution is 2.13. The Kier molecular flexibility index (Phi) is 1.29. The van der Waals surface area contributed by atoms with Crippen molar-refractivity contribution in [1.29, 1.82) is 0 Å². The van der Waals surface area contributed by atoms with Crippen LogP contribution in [-0.2, 0) is 0 Å². The van der Waals surface area contributed by atoms with E-state index >= 15 is 0 Å². The minimum atomic E-state index is 0.878. The van der Waals surface area contributed by atoms with Gasteiger partial charge in [0.15, 0.2) is 0 Å². The largest absolute Gasteiger partial charge is 0.368 e. The molecule has 0 unspecified atom stereocenters. The Morgan fingerprint density at radius 1 is 1.17 bits per heavy atom. The van der Waals surface area contributed by atoms with Crippen LogP contribution in [0, 0.1) is 0 Å². The van der Waals surface area contributed by atoms with Gasteiger partial charge in [0.2, 0.25) is 0 Å². The van der Waals surface area contributed by atoms with Crippen LogP contribution in [0.5, 0.6) is 0 Å². The number of nitrogens with one attached hydrogen (secondary N) is 1. The minimum absolute atomic E-state index is 0.878. The quantitative estimate of drug-likeness (QED) is 0.450. The lowest BCUT2D eigenvalue weighted by Crippen LogP contribution is -1.90. The summed E-state index contributed by atoms with van der Waals surface area (Å²) < 4.78 is 0. The van der Waals surface area contributed by atoms with Gasteiger partial charge >= 0.3 is 0 Å². The summed E-state index contributed by atoms with van der Waals surface area (Å²) in [6.45, 7) is 0. The monoisotopic (exact) mass is 99.0 g/mol. The average Bonchev–Trinajstić information content (AvgIpc) is 1.72. The number of rotatable bonds is 0. The summed E-state index contributed by atoms with van der Waals surface area (Å²) in [5.74, 6) is 4.19. The molecule has 1 N–H and O–H groups in total. The predicted molar refractivity (Wildman–Crippen MR) is 29.7 cm³/mol. The van der Waals surface area contributed by atoms with Crippen molar-refractivity contribution in [2.24, 2.45) is 0 Å². The van der Waals surface area contributed by atoms with Crippen molar-refractivity contribution >= 4 is 8.58 Å². The molecule has 2 heteroatoms. The Labute approximate surface area is 38.9 Å². The summed E-state index contributed by atoms with van der Waals surface area (Å²) in [5.41, 5.74) is 0. The van der Waals surface area contributed by atoms with Crippen LogP contribution < -0.4 is 5.32 Å². The van der Waals surface area contributed by atoms with Crippen LogP contribution >= 0.6 is 8.58 Å². The van der Waals surface area contributed by atoms with Crippen LogP contribution in [-0.4, -0.2) is 0 Å². The molecule has 0 saturated heterocycles. The summed E-state index contributed by atoms with van der Waals surface area (Å²) in [7, 11) is 0.878. The van der Waals surface area contributed by atoms with Crippen LogP contribution in [0.25, 0.3) is 0 Å². The molecule has 0 aromatic rings. The third-order valence-corrected chi connectivity index (χ3v) is 1.27. The van der Waals surface area contributed by atoms with E-state index in [1.54, 1.807) is 0 Å². The normalized spacial score (nSPS) is 17.3. The highest BCUT2D eigenvalue weighted by molar-refractivity contribution is 7.45. The molecule has 0 fully saturated rings. The third kappa shape index (κ3) is 0.836. The molecule has 0 amide bonds. The summed E-state index contributed by atoms with van der Waals surface area (Å²) in [4.78, 5) is 0. The van der Waals surface area contributed by atoms with Crippen LogP contribution in [0.4, 0.5) is 0 Å². The topological polar surface area (TPSA) is 12.0 Å². The third-order valence-electron chi connectivity index (χ3n) is 0.552. The molecule has 0 radical (unpaired) electrons. The van der Waals surface area contributed by atoms with Gasteiger partial charge in [-0.25, -0.2) is 0 Å². The van der Waals surface area contributed by atoms with Crippen molar-refractivity contribution < 1.29 is 0 Å². The van der Waals surface area contributed by atoms with Crippen molar-refractivity contribution in [3.8, 4) is 0 Å². The SMILES string of the molecule is C1=CPC=CN1. The Bertz CT molecular complexity index is 65.5. The van der Waals surface area contributed by atoms with E-state index in [2.05, 4.69) is 17.0 Å². The molecule has 0 aromatic heterocycles. The van der Waals surface area contributed by atoms with E-state index in [1.807, 2.05) is 12.4 Å². The molecule has 6 heavy (non-hydrogen) atoms. The highest BCUT2D eigenvalue weighted by Gasteiger charge is 1.73. The summed E-state index contributed by atoms with van der Waals surface area (Å²) in [6.07, 6.45) is 3.89. The first-order valence-electron chi connectivity index (χ1n) is 1.82. The van der Waals surface area contributed by atoms with Crippen LogP contribution in [0.3, 0.4) is 0 Å². The van der Waals surface area contributed by atoms with E-state index in [0.29, 0.717) is 0 Å². The van der Waals surface area contributed by atoms with E-state index in [4.69, 9.17) is 0 Å². The molecular formula is C4H6NP. The maximum Gasteiger partial charge on any atom is 0.000976 e. The van der Waals surface area contributed by atoms with E-state index in [-0.39, 0.29) is 0 Å². The molecule has 0 aromatic carbocycles. The predicted octanol–water partition coefficient (Wildman–Crippen LogP) is 1.21. The van der Waals surface area contributed by atoms with Gasteiger partial charge in [0, 0.05) is 12.4 Å². The van der Waals surface area contributed by atoms with E-state index in [1.165, 1.54) is 0 Å². The van der Waals surface area contributed by atoms with E-state index < -0.39 is 0 Å². The zero-order chi connectivity index (χ0) is 4.24. The Balaban J connectivity index is 2.40. The smallest absolute Gasteiger partial charge is 0.000976 e. The first kappa shape index (κ1) is 3.89. The number of hydrogen-bond acceptors (Lipinski definition) is 1. The fourth-order valence-electron chi connectivity index (χ4n) is 0.304. The average molecular weight is 99.1 g/mol. The van der Waals surface area contributed by atoms with E-state index in [9.17, 15) is 0 Å². The van der Waals surface area contributed by atoms with Gasteiger partial charge in [-0.3, -0.25) is 0 Å². The molecule has 0 atom stereocenters. The summed E-state index contributed by atoms with van der Waals surface area (Å²) in [6, 6.07) is 0. The minimum Gasteiger partial charge on any atom is -0.368 e. The molecule has 1 nitrogen and oxygen atoms in total. The summed E-state index contributed by atoms with van der Waals surface area (Å²) in [5, 5.41) is 2.93. The van der Waals surface area contributed by atoms with Crippen molar-refractivity contribution in [1.82, 2.24) is 5.32 Å². The van der Waals surface area contributed by atoms with Gasteiger partial charge < -0.3 is 5.32 Å². The fraction of sp³-hybridized carbons (Fsp3) is 0. The lowest BCUT2D eigenvalue weighted by Gasteiger charge is -1.92. The molecule has 1 heterocycles. The zero-order valence-corrected chi connectivity index (χ0v) is 4.31. The Hall–Kier alpha value is -0.290. The fourth-order valence-corrected chi connectivity index (χ4v) is 0.800. The van der Waals surface area contributed by atoms with Crippen LogP contribution in [0.2, 0.25) is 0 Å². The molecule has 0 spiro atoms. The highest BCUT2D eigenvalue weighted by atomic mass is 31.1. The second-order valence-corrected chi connectivity index (χ2v) is 2.00. The van der Waals surface area contributed by atoms with Gasteiger partial charge in [-0.05, 0) is 11.6 Å². The van der Waals surface area contributed by atoms with Gasteiger partial charge in [0.1, 0.15) is 0 Å². The molecule has 32 valence electrons. The van der Waals surface area contributed by atoms with Crippen LogP contribution in [0.1, 0.15) is 0 Å². The summed E-state index contributed by atoms with van der Waals surface area (Å²) >= 11 is 0. The lowest BCUT2D eigenvalue weighted by molar-refractivity contribution is 1.20. The van der Waals surface area contributed by atoms with Gasteiger partial charge in [-0.15, -0.1) is 0 Å². The van der Waals surface area contributed by atoms with Gasteiger partial charge in [-0.1, -0.05) is 8.58 Å². The van der Waals surface area contributed by atoms with Gasteiger partial charge in [0.25, 0.3) is 0 Å². The zero-order valence-electron chi connectivity index (χ0n) is 3.31. The Morgan fingerprint density at radius 2 is 1.83 bits per heavy atom. The molecule has 1 aliphatic heterocycles. The molecule has 1 aliphatic rings. The molecular weight excluding hydrogens is 93.0 g/mol. The molecule has 0 saturated carbocycles. The van der Waals surface area contributed by atoms with Gasteiger partial charge in [0.05, 0.1) is 0 Å². The second kappa shape index (κ2) is 1.99. The van der Waals surface area contributed by atoms with Crippen molar-refractivity contribution in [3.05, 3.63) is 24.0 Å².